The average Bonchev–Trinajstić information content (AvgIpc) is 3.23. The molecule has 0 radical (unpaired) electrons. The van der Waals surface area contributed by atoms with Crippen molar-refractivity contribution in [3.63, 3.8) is 0 Å². The third-order valence-electron chi connectivity index (χ3n) is 6.26. The first-order chi connectivity index (χ1) is 16.6. The highest BCUT2D eigenvalue weighted by molar-refractivity contribution is 7.18. The summed E-state index contributed by atoms with van der Waals surface area (Å²) in [6.07, 6.45) is 5.61. The molecule has 0 saturated heterocycles. The molecular formula is C27H27N3O3S. The SMILES string of the molecule is COc1ccc(NC(=O)CCc2nc3sc4c(c3c(=O)[nH]2)CCCC4)cc1Cc1ccccc1. The molecular weight excluding hydrogens is 446 g/mol. The molecule has 4 aromatic rings. The number of aromatic amines is 1. The largest absolute Gasteiger partial charge is 0.496 e. The lowest BCUT2D eigenvalue weighted by Gasteiger charge is -2.12. The van der Waals surface area contributed by atoms with Crippen LogP contribution in [0.15, 0.2) is 53.3 Å². The minimum absolute atomic E-state index is 0.0829. The third kappa shape index (κ3) is 4.75. The molecule has 34 heavy (non-hydrogen) atoms. The van der Waals surface area contributed by atoms with Crippen LogP contribution in [0.4, 0.5) is 5.69 Å². The number of anilines is 1. The predicted molar refractivity (Wildman–Crippen MR) is 136 cm³/mol. The number of thiophene rings is 1. The van der Waals surface area contributed by atoms with Gasteiger partial charge in [-0.15, -0.1) is 11.3 Å². The van der Waals surface area contributed by atoms with Crippen molar-refractivity contribution < 1.29 is 9.53 Å². The summed E-state index contributed by atoms with van der Waals surface area (Å²) >= 11 is 1.63. The van der Waals surface area contributed by atoms with Gasteiger partial charge in [-0.05, 0) is 55.0 Å². The molecule has 0 atom stereocenters. The Morgan fingerprint density at radius 3 is 2.79 bits per heavy atom. The number of amides is 1. The number of aryl methyl sites for hydroxylation is 3. The van der Waals surface area contributed by atoms with Gasteiger partial charge in [-0.2, -0.15) is 0 Å². The summed E-state index contributed by atoms with van der Waals surface area (Å²) in [5, 5.41) is 3.72. The number of nitrogens with zero attached hydrogens (tertiary/aromatic N) is 1. The summed E-state index contributed by atoms with van der Waals surface area (Å²) in [6, 6.07) is 15.8. The van der Waals surface area contributed by atoms with Crippen LogP contribution in [0.2, 0.25) is 0 Å². The van der Waals surface area contributed by atoms with E-state index in [0.717, 1.165) is 46.5 Å². The summed E-state index contributed by atoms with van der Waals surface area (Å²) in [6.45, 7) is 0. The zero-order valence-electron chi connectivity index (χ0n) is 19.1. The Morgan fingerprint density at radius 2 is 1.97 bits per heavy atom. The number of carbonyl (C=O) groups is 1. The highest BCUT2D eigenvalue weighted by Gasteiger charge is 2.20. The van der Waals surface area contributed by atoms with Gasteiger partial charge in [-0.1, -0.05) is 30.3 Å². The number of hydrogen-bond acceptors (Lipinski definition) is 5. The van der Waals surface area contributed by atoms with Gasteiger partial charge < -0.3 is 15.0 Å². The molecule has 0 unspecified atom stereocenters. The van der Waals surface area contributed by atoms with Crippen LogP contribution in [0.25, 0.3) is 10.2 Å². The second-order valence-corrected chi connectivity index (χ2v) is 9.72. The number of aromatic nitrogens is 2. The monoisotopic (exact) mass is 473 g/mol. The standard InChI is InChI=1S/C27H27N3O3S/c1-33-21-12-11-19(16-18(21)15-17-7-3-2-4-8-17)28-24(31)14-13-23-29-26(32)25-20-9-5-6-10-22(20)34-27(25)30-23/h2-4,7-8,11-12,16H,5-6,9-10,13-15H2,1H3,(H,28,31)(H,29,30,32). The lowest BCUT2D eigenvalue weighted by molar-refractivity contribution is -0.116. The maximum absolute atomic E-state index is 12.7. The summed E-state index contributed by atoms with van der Waals surface area (Å²) in [4.78, 5) is 35.0. The van der Waals surface area contributed by atoms with Gasteiger partial charge in [0.15, 0.2) is 0 Å². The Morgan fingerprint density at radius 1 is 1.15 bits per heavy atom. The summed E-state index contributed by atoms with van der Waals surface area (Å²) in [5.41, 5.74) is 3.99. The fraction of sp³-hybridized carbons (Fsp3) is 0.296. The molecule has 2 N–H and O–H groups in total. The molecule has 174 valence electrons. The van der Waals surface area contributed by atoms with Crippen LogP contribution in [0.5, 0.6) is 5.75 Å². The van der Waals surface area contributed by atoms with Crippen LogP contribution in [-0.4, -0.2) is 23.0 Å². The minimum Gasteiger partial charge on any atom is -0.496 e. The maximum Gasteiger partial charge on any atom is 0.259 e. The van der Waals surface area contributed by atoms with E-state index in [1.165, 1.54) is 22.4 Å². The number of rotatable bonds is 7. The molecule has 2 aromatic carbocycles. The number of hydrogen-bond donors (Lipinski definition) is 2. The van der Waals surface area contributed by atoms with Gasteiger partial charge in [-0.25, -0.2) is 4.98 Å². The Labute approximate surface area is 202 Å². The van der Waals surface area contributed by atoms with Gasteiger partial charge in [0.25, 0.3) is 5.56 Å². The van der Waals surface area contributed by atoms with E-state index in [1.54, 1.807) is 18.4 Å². The van der Waals surface area contributed by atoms with Crippen molar-refractivity contribution in [2.45, 2.75) is 44.9 Å². The number of benzene rings is 2. The van der Waals surface area contributed by atoms with Gasteiger partial charge >= 0.3 is 0 Å². The van der Waals surface area contributed by atoms with Crippen molar-refractivity contribution in [3.8, 4) is 5.75 Å². The summed E-state index contributed by atoms with van der Waals surface area (Å²) in [7, 11) is 1.65. The maximum atomic E-state index is 12.7. The molecule has 2 aromatic heterocycles. The second-order valence-electron chi connectivity index (χ2n) is 8.64. The van der Waals surface area contributed by atoms with E-state index in [1.807, 2.05) is 36.4 Å². The van der Waals surface area contributed by atoms with E-state index in [4.69, 9.17) is 4.74 Å². The number of nitrogens with one attached hydrogen (secondary N) is 2. The Hall–Kier alpha value is -3.45. The zero-order chi connectivity index (χ0) is 23.5. The molecule has 0 bridgehead atoms. The highest BCUT2D eigenvalue weighted by atomic mass is 32.1. The molecule has 0 aliphatic heterocycles. The second kappa shape index (κ2) is 9.81. The Bertz CT molecular complexity index is 1390. The predicted octanol–water partition coefficient (Wildman–Crippen LogP) is 5.03. The summed E-state index contributed by atoms with van der Waals surface area (Å²) < 4.78 is 5.51. The van der Waals surface area contributed by atoms with Gasteiger partial charge in [0.2, 0.25) is 5.91 Å². The number of fused-ring (bicyclic) bond motifs is 3. The first-order valence-corrected chi connectivity index (χ1v) is 12.5. The zero-order valence-corrected chi connectivity index (χ0v) is 20.0. The molecule has 2 heterocycles. The first-order valence-electron chi connectivity index (χ1n) is 11.6. The quantitative estimate of drug-likeness (QED) is 0.394. The number of methoxy groups -OCH3 is 1. The molecule has 1 aliphatic carbocycles. The van der Waals surface area contributed by atoms with E-state index < -0.39 is 0 Å². The van der Waals surface area contributed by atoms with Crippen molar-refractivity contribution in [1.82, 2.24) is 9.97 Å². The molecule has 5 rings (SSSR count). The van der Waals surface area contributed by atoms with E-state index >= 15 is 0 Å². The number of H-pyrrole nitrogens is 1. The first kappa shape index (κ1) is 22.3. The van der Waals surface area contributed by atoms with E-state index in [2.05, 4.69) is 27.4 Å². The van der Waals surface area contributed by atoms with E-state index in [9.17, 15) is 9.59 Å². The molecule has 1 aliphatic rings. The normalized spacial score (nSPS) is 13.0. The summed E-state index contributed by atoms with van der Waals surface area (Å²) in [5.74, 6) is 1.23. The lowest BCUT2D eigenvalue weighted by atomic mass is 9.97. The van der Waals surface area contributed by atoms with Crippen LogP contribution in [-0.2, 0) is 30.5 Å². The molecule has 0 spiro atoms. The van der Waals surface area contributed by atoms with Crippen molar-refractivity contribution in [2.75, 3.05) is 12.4 Å². The van der Waals surface area contributed by atoms with Gasteiger partial charge in [0.05, 0.1) is 12.5 Å². The van der Waals surface area contributed by atoms with Crippen LogP contribution in [0, 0.1) is 0 Å². The molecule has 1 amide bonds. The molecule has 0 fully saturated rings. The molecule has 7 heteroatoms. The number of carbonyl (C=O) groups excluding carboxylic acids is 1. The smallest absolute Gasteiger partial charge is 0.259 e. The average molecular weight is 474 g/mol. The van der Waals surface area contributed by atoms with E-state index in [0.29, 0.717) is 18.7 Å². The topological polar surface area (TPSA) is 84.1 Å². The van der Waals surface area contributed by atoms with Gasteiger partial charge in [0, 0.05) is 35.4 Å². The van der Waals surface area contributed by atoms with E-state index in [-0.39, 0.29) is 17.9 Å². The molecule has 0 saturated carbocycles. The fourth-order valence-electron chi connectivity index (χ4n) is 4.59. The molecule has 6 nitrogen and oxygen atoms in total. The van der Waals surface area contributed by atoms with Crippen molar-refractivity contribution in [2.24, 2.45) is 0 Å². The highest BCUT2D eigenvalue weighted by Crippen LogP contribution is 2.33. The fourth-order valence-corrected chi connectivity index (χ4v) is 5.87. The third-order valence-corrected chi connectivity index (χ3v) is 7.45. The van der Waals surface area contributed by atoms with Crippen LogP contribution >= 0.6 is 11.3 Å². The Kier molecular flexibility index (Phi) is 6.45. The van der Waals surface area contributed by atoms with Crippen LogP contribution in [0.3, 0.4) is 0 Å². The van der Waals surface area contributed by atoms with Gasteiger partial charge in [0.1, 0.15) is 16.4 Å². The van der Waals surface area contributed by atoms with Crippen molar-refractivity contribution >= 4 is 33.1 Å². The minimum atomic E-state index is -0.121. The van der Waals surface area contributed by atoms with Crippen molar-refractivity contribution in [1.29, 1.82) is 0 Å². The Balaban J connectivity index is 1.27. The van der Waals surface area contributed by atoms with Gasteiger partial charge in [-0.3, -0.25) is 9.59 Å². The van der Waals surface area contributed by atoms with Crippen LogP contribution < -0.4 is 15.6 Å². The number of ether oxygens (including phenoxy) is 1. The van der Waals surface area contributed by atoms with Crippen molar-refractivity contribution in [3.05, 3.63) is 86.3 Å². The lowest BCUT2D eigenvalue weighted by Crippen LogP contribution is -2.16. The van der Waals surface area contributed by atoms with Crippen LogP contribution in [0.1, 0.15) is 46.7 Å².